The van der Waals surface area contributed by atoms with E-state index in [1.165, 1.54) is 4.90 Å². The van der Waals surface area contributed by atoms with Crippen LogP contribution in [0.4, 0.5) is 5.69 Å². The molecule has 0 saturated heterocycles. The number of carbonyl (C=O) groups excluding carboxylic acids is 3. The Morgan fingerprint density at radius 2 is 1.26 bits per heavy atom. The maximum absolute atomic E-state index is 12.3. The molecule has 31 heavy (non-hydrogen) atoms. The maximum Gasteiger partial charge on any atom is 0.261 e. The molecule has 164 valence electrons. The topological polar surface area (TPSA) is 66.5 Å². The third kappa shape index (κ3) is 6.27. The fourth-order valence-electron chi connectivity index (χ4n) is 3.98. The minimum Gasteiger partial charge on any atom is -0.326 e. The molecular formula is C26H32N2O3. The van der Waals surface area contributed by atoms with Gasteiger partial charge < -0.3 is 5.32 Å². The van der Waals surface area contributed by atoms with Gasteiger partial charge in [-0.05, 0) is 43.5 Å². The average Bonchev–Trinajstić information content (AvgIpc) is 3.01. The van der Waals surface area contributed by atoms with Crippen LogP contribution >= 0.6 is 0 Å². The van der Waals surface area contributed by atoms with E-state index >= 15 is 0 Å². The summed E-state index contributed by atoms with van der Waals surface area (Å²) in [6, 6.07) is 14.9. The van der Waals surface area contributed by atoms with E-state index in [0.29, 0.717) is 24.1 Å². The van der Waals surface area contributed by atoms with Crippen LogP contribution in [-0.2, 0) is 4.79 Å². The lowest BCUT2D eigenvalue weighted by Gasteiger charge is -2.13. The number of aryl methyl sites for hydroxylation is 1. The van der Waals surface area contributed by atoms with Gasteiger partial charge in [-0.25, -0.2) is 0 Å². The Morgan fingerprint density at radius 1 is 0.742 bits per heavy atom. The van der Waals surface area contributed by atoms with Crippen molar-refractivity contribution < 1.29 is 14.4 Å². The van der Waals surface area contributed by atoms with E-state index in [4.69, 9.17) is 0 Å². The van der Waals surface area contributed by atoms with Crippen LogP contribution in [-0.4, -0.2) is 29.2 Å². The lowest BCUT2D eigenvalue weighted by Crippen LogP contribution is -2.30. The number of nitrogens with zero attached hydrogens (tertiary/aromatic N) is 1. The van der Waals surface area contributed by atoms with Crippen molar-refractivity contribution in [1.29, 1.82) is 0 Å². The van der Waals surface area contributed by atoms with Gasteiger partial charge in [0.25, 0.3) is 11.8 Å². The van der Waals surface area contributed by atoms with Crippen LogP contribution in [0.15, 0.2) is 48.5 Å². The second-order valence-electron chi connectivity index (χ2n) is 8.25. The Hall–Kier alpha value is -2.95. The fraction of sp³-hybridized carbons (Fsp3) is 0.423. The summed E-state index contributed by atoms with van der Waals surface area (Å²) in [4.78, 5) is 38.1. The Morgan fingerprint density at radius 3 is 1.87 bits per heavy atom. The summed E-state index contributed by atoms with van der Waals surface area (Å²) < 4.78 is 0. The van der Waals surface area contributed by atoms with E-state index in [0.717, 1.165) is 62.6 Å². The molecule has 0 aliphatic carbocycles. The molecule has 0 unspecified atom stereocenters. The van der Waals surface area contributed by atoms with E-state index < -0.39 is 0 Å². The van der Waals surface area contributed by atoms with Crippen molar-refractivity contribution >= 4 is 23.4 Å². The molecule has 0 saturated carbocycles. The molecule has 2 aromatic carbocycles. The van der Waals surface area contributed by atoms with Gasteiger partial charge >= 0.3 is 0 Å². The first-order valence-electron chi connectivity index (χ1n) is 11.4. The number of anilines is 1. The molecule has 0 bridgehead atoms. The number of hydrogen-bond acceptors (Lipinski definition) is 3. The van der Waals surface area contributed by atoms with Gasteiger partial charge in [-0.3, -0.25) is 19.3 Å². The molecular weight excluding hydrogens is 388 g/mol. The second-order valence-corrected chi connectivity index (χ2v) is 8.25. The molecule has 0 aromatic heterocycles. The first-order valence-corrected chi connectivity index (χ1v) is 11.4. The molecule has 0 fully saturated rings. The highest BCUT2D eigenvalue weighted by molar-refractivity contribution is 6.21. The SMILES string of the molecule is Cc1ccccc1NC(=O)CCCCCCCCCCN1C(=O)c2ccccc2C1=O. The van der Waals surface area contributed by atoms with Gasteiger partial charge in [-0.1, -0.05) is 68.9 Å². The Bertz CT molecular complexity index is 887. The van der Waals surface area contributed by atoms with Crippen molar-refractivity contribution in [3.05, 3.63) is 65.2 Å². The highest BCUT2D eigenvalue weighted by atomic mass is 16.2. The van der Waals surface area contributed by atoms with Crippen LogP contribution in [0.1, 0.15) is 84.1 Å². The molecule has 1 heterocycles. The first-order chi connectivity index (χ1) is 15.1. The zero-order chi connectivity index (χ0) is 22.1. The van der Waals surface area contributed by atoms with Gasteiger partial charge in [0, 0.05) is 18.7 Å². The van der Waals surface area contributed by atoms with Crippen LogP contribution in [0.2, 0.25) is 0 Å². The minimum atomic E-state index is -0.160. The molecule has 1 aliphatic rings. The summed E-state index contributed by atoms with van der Waals surface area (Å²) in [5.41, 5.74) is 3.03. The third-order valence-corrected chi connectivity index (χ3v) is 5.83. The number of benzene rings is 2. The number of carbonyl (C=O) groups is 3. The van der Waals surface area contributed by atoms with Gasteiger partial charge in [0.05, 0.1) is 11.1 Å². The molecule has 5 heteroatoms. The Balaban J connectivity index is 1.19. The van der Waals surface area contributed by atoms with E-state index in [9.17, 15) is 14.4 Å². The fourth-order valence-corrected chi connectivity index (χ4v) is 3.98. The molecule has 3 amide bonds. The molecule has 2 aromatic rings. The molecule has 0 atom stereocenters. The van der Waals surface area contributed by atoms with Gasteiger partial charge in [0.1, 0.15) is 0 Å². The summed E-state index contributed by atoms with van der Waals surface area (Å²) >= 11 is 0. The maximum atomic E-state index is 12.3. The largest absolute Gasteiger partial charge is 0.326 e. The van der Waals surface area contributed by atoms with E-state index in [1.807, 2.05) is 31.2 Å². The van der Waals surface area contributed by atoms with Crippen molar-refractivity contribution in [3.63, 3.8) is 0 Å². The molecule has 1 N–H and O–H groups in total. The molecule has 3 rings (SSSR count). The summed E-state index contributed by atoms with van der Waals surface area (Å²) in [6.45, 7) is 2.50. The van der Waals surface area contributed by atoms with Gasteiger partial charge in [-0.2, -0.15) is 0 Å². The van der Waals surface area contributed by atoms with Gasteiger partial charge in [0.2, 0.25) is 5.91 Å². The van der Waals surface area contributed by atoms with Crippen molar-refractivity contribution in [3.8, 4) is 0 Å². The number of unbranched alkanes of at least 4 members (excludes halogenated alkanes) is 7. The van der Waals surface area contributed by atoms with Crippen LogP contribution in [0.3, 0.4) is 0 Å². The van der Waals surface area contributed by atoms with Crippen molar-refractivity contribution in [2.24, 2.45) is 0 Å². The predicted molar refractivity (Wildman–Crippen MR) is 123 cm³/mol. The van der Waals surface area contributed by atoms with Crippen molar-refractivity contribution in [2.75, 3.05) is 11.9 Å². The minimum absolute atomic E-state index is 0.0856. The smallest absolute Gasteiger partial charge is 0.261 e. The molecule has 1 aliphatic heterocycles. The Kier molecular flexibility index (Phi) is 8.39. The van der Waals surface area contributed by atoms with Crippen molar-refractivity contribution in [1.82, 2.24) is 4.90 Å². The lowest BCUT2D eigenvalue weighted by molar-refractivity contribution is -0.116. The summed E-state index contributed by atoms with van der Waals surface area (Å²) in [5, 5.41) is 2.98. The van der Waals surface area contributed by atoms with Crippen LogP contribution in [0, 0.1) is 6.92 Å². The number of amides is 3. The monoisotopic (exact) mass is 420 g/mol. The highest BCUT2D eigenvalue weighted by Gasteiger charge is 2.34. The van der Waals surface area contributed by atoms with E-state index in [1.54, 1.807) is 24.3 Å². The first kappa shape index (κ1) is 22.7. The lowest BCUT2D eigenvalue weighted by atomic mass is 10.1. The normalized spacial score (nSPS) is 12.9. The summed E-state index contributed by atoms with van der Waals surface area (Å²) in [7, 11) is 0. The molecule has 0 spiro atoms. The van der Waals surface area contributed by atoms with Crippen LogP contribution in [0.5, 0.6) is 0 Å². The van der Waals surface area contributed by atoms with Gasteiger partial charge in [0.15, 0.2) is 0 Å². The zero-order valence-corrected chi connectivity index (χ0v) is 18.4. The molecule has 5 nitrogen and oxygen atoms in total. The quantitative estimate of drug-likeness (QED) is 0.352. The Labute approximate surface area is 184 Å². The van der Waals surface area contributed by atoms with Crippen LogP contribution < -0.4 is 5.32 Å². The van der Waals surface area contributed by atoms with Crippen LogP contribution in [0.25, 0.3) is 0 Å². The van der Waals surface area contributed by atoms with E-state index in [2.05, 4.69) is 5.32 Å². The number of nitrogens with one attached hydrogen (secondary N) is 1. The number of fused-ring (bicyclic) bond motifs is 1. The highest BCUT2D eigenvalue weighted by Crippen LogP contribution is 2.23. The molecule has 0 radical (unpaired) electrons. The zero-order valence-electron chi connectivity index (χ0n) is 18.4. The number of imide groups is 1. The summed E-state index contributed by atoms with van der Waals surface area (Å²) in [6.07, 6.45) is 8.97. The van der Waals surface area contributed by atoms with Gasteiger partial charge in [-0.15, -0.1) is 0 Å². The average molecular weight is 421 g/mol. The standard InChI is InChI=1S/C26H32N2O3/c1-20-14-9-12-17-23(20)27-24(29)18-8-6-4-2-3-5-7-13-19-28-25(30)21-15-10-11-16-22(21)26(28)31/h9-12,14-17H,2-8,13,18-19H2,1H3,(H,27,29). The van der Waals surface area contributed by atoms with Crippen molar-refractivity contribution in [2.45, 2.75) is 64.7 Å². The number of hydrogen-bond donors (Lipinski definition) is 1. The number of para-hydroxylation sites is 1. The number of rotatable bonds is 12. The van der Waals surface area contributed by atoms with E-state index in [-0.39, 0.29) is 17.7 Å². The third-order valence-electron chi connectivity index (χ3n) is 5.83. The predicted octanol–water partition coefficient (Wildman–Crippen LogP) is 5.74. The second kappa shape index (κ2) is 11.4. The summed E-state index contributed by atoms with van der Waals surface area (Å²) in [5.74, 6) is -0.235.